The van der Waals surface area contributed by atoms with Crippen LogP contribution in [0.2, 0.25) is 0 Å². The van der Waals surface area contributed by atoms with Gasteiger partial charge in [0.25, 0.3) is 0 Å². The maximum atomic E-state index is 11.1. The van der Waals surface area contributed by atoms with Gasteiger partial charge in [-0.1, -0.05) is 29.8 Å². The zero-order chi connectivity index (χ0) is 11.7. The molecule has 84 valence electrons. The summed E-state index contributed by atoms with van der Waals surface area (Å²) in [4.78, 5) is 22.1. The summed E-state index contributed by atoms with van der Waals surface area (Å²) in [6.45, 7) is 1.94. The number of rotatable bonds is 2. The maximum absolute atomic E-state index is 11.1. The van der Waals surface area contributed by atoms with Gasteiger partial charge in [-0.3, -0.25) is 9.59 Å². The van der Waals surface area contributed by atoms with Crippen LogP contribution < -0.4 is 0 Å². The highest BCUT2D eigenvalue weighted by Crippen LogP contribution is 2.35. The lowest BCUT2D eigenvalue weighted by molar-refractivity contribution is -0.144. The molecule has 0 aliphatic carbocycles. The number of ether oxygens (including phenoxy) is 1. The van der Waals surface area contributed by atoms with Gasteiger partial charge in [-0.2, -0.15) is 0 Å². The Balaban J connectivity index is 2.28. The number of carboxylic acids is 1. The number of aliphatic carboxylic acids is 1. The number of hydrogen-bond donors (Lipinski definition) is 1. The summed E-state index contributed by atoms with van der Waals surface area (Å²) in [6, 6.07) is 7.35. The largest absolute Gasteiger partial charge is 0.481 e. The molecule has 1 aromatic rings. The van der Waals surface area contributed by atoms with Crippen LogP contribution in [0.1, 0.15) is 23.7 Å². The Hall–Kier alpha value is -1.84. The molecule has 2 rings (SSSR count). The van der Waals surface area contributed by atoms with E-state index in [9.17, 15) is 9.59 Å². The van der Waals surface area contributed by atoms with Crippen molar-refractivity contribution in [1.82, 2.24) is 0 Å². The van der Waals surface area contributed by atoms with Crippen molar-refractivity contribution in [3.8, 4) is 0 Å². The second kappa shape index (κ2) is 3.96. The van der Waals surface area contributed by atoms with E-state index in [4.69, 9.17) is 9.84 Å². The van der Waals surface area contributed by atoms with E-state index in [0.717, 1.165) is 11.1 Å². The van der Waals surface area contributed by atoms with Gasteiger partial charge in [0.15, 0.2) is 0 Å². The number of benzene rings is 1. The minimum atomic E-state index is -0.989. The quantitative estimate of drug-likeness (QED) is 0.770. The van der Waals surface area contributed by atoms with Crippen molar-refractivity contribution in [2.45, 2.75) is 19.4 Å². The lowest BCUT2D eigenvalue weighted by Crippen LogP contribution is -2.17. The van der Waals surface area contributed by atoms with E-state index in [1.807, 2.05) is 19.1 Å². The van der Waals surface area contributed by atoms with Gasteiger partial charge in [-0.05, 0) is 12.5 Å². The SMILES string of the molecule is Cc1ccc([C@H]2OC(=O)C[C@@H]2C(=O)O)cc1. The fraction of sp³-hybridized carbons (Fsp3) is 0.333. The molecule has 1 fully saturated rings. The number of esters is 1. The predicted octanol–water partition coefficient (Wildman–Crippen LogP) is 1.68. The summed E-state index contributed by atoms with van der Waals surface area (Å²) in [7, 11) is 0. The zero-order valence-corrected chi connectivity index (χ0v) is 8.84. The smallest absolute Gasteiger partial charge is 0.311 e. The molecule has 1 aromatic carbocycles. The van der Waals surface area contributed by atoms with Crippen molar-refractivity contribution in [2.24, 2.45) is 5.92 Å². The molecule has 0 bridgehead atoms. The van der Waals surface area contributed by atoms with Crippen LogP contribution in [0.25, 0.3) is 0 Å². The second-order valence-electron chi connectivity index (χ2n) is 3.97. The molecule has 0 unspecified atom stereocenters. The minimum Gasteiger partial charge on any atom is -0.481 e. The molecule has 1 aliphatic rings. The highest BCUT2D eigenvalue weighted by molar-refractivity contribution is 5.82. The third kappa shape index (κ3) is 1.91. The van der Waals surface area contributed by atoms with E-state index in [0.29, 0.717) is 0 Å². The van der Waals surface area contributed by atoms with Crippen molar-refractivity contribution in [3.63, 3.8) is 0 Å². The standard InChI is InChI=1S/C12H12O4/c1-7-2-4-8(5-3-7)11-9(12(14)15)6-10(13)16-11/h2-5,9,11H,6H2,1H3,(H,14,15)/t9-,11+/m0/s1. The van der Waals surface area contributed by atoms with Crippen LogP contribution in [0.5, 0.6) is 0 Å². The predicted molar refractivity (Wildman–Crippen MR) is 55.8 cm³/mol. The third-order valence-electron chi connectivity index (χ3n) is 2.73. The first-order chi connectivity index (χ1) is 7.58. The van der Waals surface area contributed by atoms with Gasteiger partial charge in [-0.15, -0.1) is 0 Å². The van der Waals surface area contributed by atoms with Crippen LogP contribution in [-0.2, 0) is 14.3 Å². The van der Waals surface area contributed by atoms with E-state index in [-0.39, 0.29) is 6.42 Å². The van der Waals surface area contributed by atoms with Gasteiger partial charge in [0.2, 0.25) is 0 Å². The van der Waals surface area contributed by atoms with Crippen LogP contribution >= 0.6 is 0 Å². The molecule has 1 aliphatic heterocycles. The molecular formula is C12H12O4. The first-order valence-electron chi connectivity index (χ1n) is 5.07. The van der Waals surface area contributed by atoms with Gasteiger partial charge >= 0.3 is 11.9 Å². The number of cyclic esters (lactones) is 1. The molecule has 0 spiro atoms. The first kappa shape index (κ1) is 10.7. The summed E-state index contributed by atoms with van der Waals surface area (Å²) in [5.74, 6) is -2.20. The third-order valence-corrected chi connectivity index (χ3v) is 2.73. The maximum Gasteiger partial charge on any atom is 0.311 e. The van der Waals surface area contributed by atoms with Crippen LogP contribution in [0.15, 0.2) is 24.3 Å². The molecular weight excluding hydrogens is 208 g/mol. The van der Waals surface area contributed by atoms with E-state index in [2.05, 4.69) is 0 Å². The Morgan fingerprint density at radius 1 is 1.38 bits per heavy atom. The summed E-state index contributed by atoms with van der Waals surface area (Å²) >= 11 is 0. The monoisotopic (exact) mass is 220 g/mol. The second-order valence-corrected chi connectivity index (χ2v) is 3.97. The lowest BCUT2D eigenvalue weighted by Gasteiger charge is -2.14. The normalized spacial score (nSPS) is 24.2. The van der Waals surface area contributed by atoms with Crippen molar-refractivity contribution in [2.75, 3.05) is 0 Å². The molecule has 1 saturated heterocycles. The van der Waals surface area contributed by atoms with E-state index < -0.39 is 24.0 Å². The van der Waals surface area contributed by atoms with Gasteiger partial charge in [0.1, 0.15) is 12.0 Å². The Labute approximate surface area is 92.8 Å². The van der Waals surface area contributed by atoms with Crippen molar-refractivity contribution in [3.05, 3.63) is 35.4 Å². The fourth-order valence-corrected chi connectivity index (χ4v) is 1.83. The average molecular weight is 220 g/mol. The molecule has 1 heterocycles. The van der Waals surface area contributed by atoms with E-state index in [1.54, 1.807) is 12.1 Å². The Morgan fingerprint density at radius 3 is 2.56 bits per heavy atom. The molecule has 0 amide bonds. The number of carboxylic acid groups (broad SMARTS) is 1. The minimum absolute atomic E-state index is 0.0477. The zero-order valence-electron chi connectivity index (χ0n) is 8.84. The van der Waals surface area contributed by atoms with Crippen LogP contribution in [0, 0.1) is 12.8 Å². The first-order valence-corrected chi connectivity index (χ1v) is 5.07. The Morgan fingerprint density at radius 2 is 2.00 bits per heavy atom. The molecule has 4 nitrogen and oxygen atoms in total. The fourth-order valence-electron chi connectivity index (χ4n) is 1.83. The molecule has 2 atom stereocenters. The molecule has 1 N–H and O–H groups in total. The highest BCUT2D eigenvalue weighted by Gasteiger charge is 2.40. The molecule has 0 aromatic heterocycles. The van der Waals surface area contributed by atoms with Gasteiger partial charge in [0, 0.05) is 0 Å². The summed E-state index contributed by atoms with van der Waals surface area (Å²) < 4.78 is 5.04. The molecule has 4 heteroatoms. The summed E-state index contributed by atoms with van der Waals surface area (Å²) in [5.41, 5.74) is 1.82. The van der Waals surface area contributed by atoms with Gasteiger partial charge < -0.3 is 9.84 Å². The van der Waals surface area contributed by atoms with Crippen molar-refractivity contribution >= 4 is 11.9 Å². The number of carbonyl (C=O) groups is 2. The van der Waals surface area contributed by atoms with Crippen molar-refractivity contribution < 1.29 is 19.4 Å². The van der Waals surface area contributed by atoms with E-state index >= 15 is 0 Å². The van der Waals surface area contributed by atoms with Gasteiger partial charge in [0.05, 0.1) is 6.42 Å². The summed E-state index contributed by atoms with van der Waals surface area (Å²) in [5, 5.41) is 8.99. The van der Waals surface area contributed by atoms with E-state index in [1.165, 1.54) is 0 Å². The summed E-state index contributed by atoms with van der Waals surface area (Å²) in [6.07, 6.45) is -0.695. The van der Waals surface area contributed by atoms with Crippen LogP contribution in [-0.4, -0.2) is 17.0 Å². The van der Waals surface area contributed by atoms with Gasteiger partial charge in [-0.25, -0.2) is 0 Å². The molecule has 0 radical (unpaired) electrons. The Kier molecular flexibility index (Phi) is 2.64. The van der Waals surface area contributed by atoms with Crippen LogP contribution in [0.3, 0.4) is 0 Å². The average Bonchev–Trinajstić information content (AvgIpc) is 2.61. The highest BCUT2D eigenvalue weighted by atomic mass is 16.6. The van der Waals surface area contributed by atoms with Crippen molar-refractivity contribution in [1.29, 1.82) is 0 Å². The molecule has 16 heavy (non-hydrogen) atoms. The van der Waals surface area contributed by atoms with Crippen LogP contribution in [0.4, 0.5) is 0 Å². The topological polar surface area (TPSA) is 63.6 Å². The Bertz CT molecular complexity index is 421. The lowest BCUT2D eigenvalue weighted by atomic mass is 9.95. The number of aryl methyl sites for hydroxylation is 1. The number of carbonyl (C=O) groups excluding carboxylic acids is 1. The molecule has 0 saturated carbocycles. The number of hydrogen-bond acceptors (Lipinski definition) is 3.